The van der Waals surface area contributed by atoms with E-state index in [-0.39, 0.29) is 24.8 Å². The molecule has 8 rings (SSSR count). The normalized spacial score (nSPS) is 35.8. The van der Waals surface area contributed by atoms with Crippen molar-refractivity contribution in [3.8, 4) is 11.1 Å². The van der Waals surface area contributed by atoms with Crippen molar-refractivity contribution in [3.63, 3.8) is 0 Å². The van der Waals surface area contributed by atoms with Crippen LogP contribution in [0, 0.1) is 17.8 Å². The number of allylic oxidation sites excluding steroid dienone is 4. The van der Waals surface area contributed by atoms with Crippen molar-refractivity contribution in [1.82, 2.24) is 0 Å². The Kier molecular flexibility index (Phi) is 5.52. The molecular formula is C28H27Cl2Zr. The van der Waals surface area contributed by atoms with Crippen LogP contribution in [-0.4, -0.2) is 0 Å². The Bertz CT molecular complexity index is 1100. The van der Waals surface area contributed by atoms with E-state index in [1.807, 2.05) is 24.7 Å². The first-order valence-electron chi connectivity index (χ1n) is 11.5. The fraction of sp³-hybridized carbons (Fsp3) is 0.429. The standard InChI is InChI=1S/C28H27.2ClH.Zr/c1-2-7-19(6-1)27-21-12-18-13-22(27)17-28(15-18,16-21)26-11-5-10-24-23-9-4-3-8-20(23)14-25(24)26;;;/h1-6,8-11,18,21,27H,7,12-17H2;2*1H;/q;;;+2/p-2. The third-order valence-corrected chi connectivity index (χ3v) is 10.7. The Morgan fingerprint density at radius 2 is 1.74 bits per heavy atom. The van der Waals surface area contributed by atoms with Crippen molar-refractivity contribution in [2.75, 3.05) is 0 Å². The maximum absolute atomic E-state index is 2.53. The molecule has 4 fully saturated rings. The van der Waals surface area contributed by atoms with Crippen LogP contribution in [-0.2, 0) is 36.6 Å². The van der Waals surface area contributed by atoms with Gasteiger partial charge in [0.15, 0.2) is 0 Å². The van der Waals surface area contributed by atoms with E-state index in [2.05, 4.69) is 60.7 Å². The molecule has 5 unspecified atom stereocenters. The molecule has 157 valence electrons. The number of fused-ring (bicyclic) bond motifs is 3. The number of rotatable bonds is 2. The fourth-order valence-electron chi connectivity index (χ4n) is 8.49. The van der Waals surface area contributed by atoms with Crippen LogP contribution in [0.5, 0.6) is 0 Å². The summed E-state index contributed by atoms with van der Waals surface area (Å²) in [4.78, 5) is 0. The molecule has 5 atom stereocenters. The van der Waals surface area contributed by atoms with Crippen LogP contribution in [0.2, 0.25) is 3.12 Å². The molecule has 2 aromatic rings. The van der Waals surface area contributed by atoms with Crippen LogP contribution in [0.25, 0.3) is 11.1 Å². The van der Waals surface area contributed by atoms with Crippen LogP contribution in [0.4, 0.5) is 0 Å². The summed E-state index contributed by atoms with van der Waals surface area (Å²) in [5.41, 5.74) is 10.2. The molecule has 6 aliphatic carbocycles. The topological polar surface area (TPSA) is 0 Å². The van der Waals surface area contributed by atoms with Gasteiger partial charge in [-0.05, 0) is 0 Å². The second-order valence-electron chi connectivity index (χ2n) is 10.6. The van der Waals surface area contributed by atoms with Crippen LogP contribution in [0.15, 0.2) is 66.3 Å². The molecule has 0 saturated heterocycles. The summed E-state index contributed by atoms with van der Waals surface area (Å²) in [6, 6.07) is 16.4. The zero-order valence-electron chi connectivity index (χ0n) is 17.7. The Labute approximate surface area is 213 Å². The van der Waals surface area contributed by atoms with E-state index in [1.54, 1.807) is 16.7 Å². The summed E-state index contributed by atoms with van der Waals surface area (Å²) < 4.78 is 0.586. The van der Waals surface area contributed by atoms with E-state index in [0.29, 0.717) is 8.54 Å². The van der Waals surface area contributed by atoms with Crippen molar-refractivity contribution in [1.29, 1.82) is 0 Å². The van der Waals surface area contributed by atoms with Gasteiger partial charge in [-0.15, -0.1) is 0 Å². The molecule has 0 aromatic heterocycles. The van der Waals surface area contributed by atoms with Gasteiger partial charge in [0.2, 0.25) is 0 Å². The van der Waals surface area contributed by atoms with Gasteiger partial charge in [0.05, 0.1) is 0 Å². The summed E-state index contributed by atoms with van der Waals surface area (Å²) in [6.45, 7) is 0. The number of hydrogen-bond donors (Lipinski definition) is 0. The minimum atomic E-state index is 0. The third-order valence-electron chi connectivity index (χ3n) is 8.96. The van der Waals surface area contributed by atoms with E-state index in [4.69, 9.17) is 0 Å². The van der Waals surface area contributed by atoms with Gasteiger partial charge in [0, 0.05) is 0 Å². The third kappa shape index (κ3) is 3.09. The summed E-state index contributed by atoms with van der Waals surface area (Å²) in [6.07, 6.45) is 16.9. The van der Waals surface area contributed by atoms with Gasteiger partial charge in [-0.25, -0.2) is 0 Å². The van der Waals surface area contributed by atoms with E-state index in [1.165, 1.54) is 55.2 Å². The second kappa shape index (κ2) is 7.72. The Balaban J connectivity index is 0.00000102. The monoisotopic (exact) mass is 523 g/mol. The quantitative estimate of drug-likeness (QED) is 0.467. The van der Waals surface area contributed by atoms with Crippen molar-refractivity contribution in [3.05, 3.63) is 83.0 Å². The van der Waals surface area contributed by atoms with Gasteiger partial charge < -0.3 is 24.8 Å². The van der Waals surface area contributed by atoms with Crippen molar-refractivity contribution >= 4 is 0 Å². The molecule has 31 heavy (non-hydrogen) atoms. The molecule has 0 aliphatic heterocycles. The Morgan fingerprint density at radius 3 is 2.55 bits per heavy atom. The molecule has 0 spiro atoms. The van der Waals surface area contributed by atoms with Gasteiger partial charge in [-0.2, -0.15) is 0 Å². The fourth-order valence-corrected chi connectivity index (χ4v) is 11.1. The minimum absolute atomic E-state index is 0. The van der Waals surface area contributed by atoms with Gasteiger partial charge >= 0.3 is 190 Å². The van der Waals surface area contributed by atoms with Crippen molar-refractivity contribution in [2.45, 2.75) is 53.5 Å². The zero-order chi connectivity index (χ0) is 19.2. The van der Waals surface area contributed by atoms with Gasteiger partial charge in [0.25, 0.3) is 0 Å². The first-order chi connectivity index (χ1) is 14.2. The van der Waals surface area contributed by atoms with Crippen molar-refractivity contribution < 1.29 is 49.5 Å². The molecule has 3 heteroatoms. The van der Waals surface area contributed by atoms with Crippen LogP contribution >= 0.6 is 0 Å². The summed E-state index contributed by atoms with van der Waals surface area (Å²) in [5.74, 6) is 2.75. The molecule has 0 amide bonds. The molecule has 0 N–H and O–H groups in total. The van der Waals surface area contributed by atoms with Gasteiger partial charge in [-0.3, -0.25) is 0 Å². The number of halogens is 2. The van der Waals surface area contributed by atoms with Crippen molar-refractivity contribution in [2.24, 2.45) is 17.8 Å². The first kappa shape index (κ1) is 22.2. The predicted octanol–water partition coefficient (Wildman–Crippen LogP) is 0.935. The summed E-state index contributed by atoms with van der Waals surface area (Å²) in [5, 5.41) is 0. The van der Waals surface area contributed by atoms with E-state index in [9.17, 15) is 0 Å². The molecule has 2 aromatic carbocycles. The molecule has 4 saturated carbocycles. The molecule has 4 bridgehead atoms. The van der Waals surface area contributed by atoms with Crippen LogP contribution < -0.4 is 24.8 Å². The zero-order valence-corrected chi connectivity index (χ0v) is 21.7. The predicted molar refractivity (Wildman–Crippen MR) is 114 cm³/mol. The molecule has 0 nitrogen and oxygen atoms in total. The number of hydrogen-bond acceptors (Lipinski definition) is 0. The van der Waals surface area contributed by atoms with Gasteiger partial charge in [-0.1, -0.05) is 0 Å². The second-order valence-corrected chi connectivity index (χ2v) is 13.1. The molecule has 0 heterocycles. The Hall–Kier alpha value is -0.617. The summed E-state index contributed by atoms with van der Waals surface area (Å²) in [7, 11) is 0. The van der Waals surface area contributed by atoms with E-state index >= 15 is 0 Å². The average Bonchev–Trinajstić information content (AvgIpc) is 3.34. The van der Waals surface area contributed by atoms with Gasteiger partial charge in [0.1, 0.15) is 0 Å². The molecule has 6 aliphatic rings. The molecular weight excluding hydrogens is 498 g/mol. The average molecular weight is 526 g/mol. The summed E-state index contributed by atoms with van der Waals surface area (Å²) >= 11 is 1.81. The maximum atomic E-state index is 2.53. The van der Waals surface area contributed by atoms with Crippen LogP contribution in [0.1, 0.15) is 55.2 Å². The number of benzene rings is 2. The SMILES string of the molecule is [Cl-].[Cl-].[Zr+2][C]12CC3CC(CC(c4cccc5c4Cc4ccccc4-5)(C3)C1)C2C1=CC=CC1. The van der Waals surface area contributed by atoms with E-state index < -0.39 is 0 Å². The Morgan fingerprint density at radius 1 is 0.903 bits per heavy atom. The molecule has 0 radical (unpaired) electrons. The van der Waals surface area contributed by atoms with Crippen LogP contribution in [0.3, 0.4) is 0 Å². The van der Waals surface area contributed by atoms with E-state index in [0.717, 1.165) is 24.2 Å². The first-order valence-corrected chi connectivity index (χ1v) is 12.7.